The van der Waals surface area contributed by atoms with Crippen LogP contribution in [-0.2, 0) is 0 Å². The van der Waals surface area contributed by atoms with Crippen LogP contribution < -0.4 is 10.0 Å². The van der Waals surface area contributed by atoms with E-state index in [4.69, 9.17) is 11.6 Å². The molecule has 2 heterocycles. The number of aromatic hydroxyl groups is 1. The lowest BCUT2D eigenvalue weighted by Gasteiger charge is -2.19. The number of aromatic nitrogens is 1. The van der Waals surface area contributed by atoms with Gasteiger partial charge in [0.1, 0.15) is 17.3 Å². The second-order valence-electron chi connectivity index (χ2n) is 4.96. The van der Waals surface area contributed by atoms with Crippen LogP contribution in [0.5, 0.6) is 5.75 Å². The van der Waals surface area contributed by atoms with E-state index in [-0.39, 0.29) is 5.75 Å². The molecule has 5 nitrogen and oxygen atoms in total. The molecule has 0 aliphatic carbocycles. The minimum atomic E-state index is -0.402. The van der Waals surface area contributed by atoms with Crippen LogP contribution in [0.15, 0.2) is 46.4 Å². The van der Waals surface area contributed by atoms with Crippen molar-refractivity contribution in [3.05, 3.63) is 47.4 Å². The topological polar surface area (TPSA) is 72.4 Å². The number of anilines is 1. The maximum absolute atomic E-state index is 14.1. The van der Waals surface area contributed by atoms with Gasteiger partial charge < -0.3 is 15.4 Å². The summed E-state index contributed by atoms with van der Waals surface area (Å²) in [6, 6.07) is 8.07. The first-order valence-electron chi connectivity index (χ1n) is 6.68. The van der Waals surface area contributed by atoms with Crippen molar-refractivity contribution in [1.29, 1.82) is 0 Å². The van der Waals surface area contributed by atoms with E-state index in [0.29, 0.717) is 27.3 Å². The molecule has 1 aliphatic heterocycles. The average molecular weight is 349 g/mol. The third kappa shape index (κ3) is 2.58. The number of nitrogens with one attached hydrogen (secondary N) is 3. The van der Waals surface area contributed by atoms with Gasteiger partial charge in [0.05, 0.1) is 10.6 Å². The summed E-state index contributed by atoms with van der Waals surface area (Å²) < 4.78 is 17.1. The third-order valence-corrected chi connectivity index (χ3v) is 4.44. The molecular formula is C15H10ClFN4OS. The quantitative estimate of drug-likeness (QED) is 0.493. The van der Waals surface area contributed by atoms with Crippen LogP contribution >= 0.6 is 23.5 Å². The van der Waals surface area contributed by atoms with Crippen LogP contribution in [0.1, 0.15) is 0 Å². The molecule has 0 amide bonds. The van der Waals surface area contributed by atoms with Gasteiger partial charge in [0.2, 0.25) is 5.96 Å². The van der Waals surface area contributed by atoms with Gasteiger partial charge in [-0.1, -0.05) is 11.6 Å². The molecule has 4 rings (SSSR count). The molecular weight excluding hydrogens is 339 g/mol. The van der Waals surface area contributed by atoms with E-state index in [0.717, 1.165) is 10.9 Å². The van der Waals surface area contributed by atoms with Crippen molar-refractivity contribution >= 4 is 51.8 Å². The van der Waals surface area contributed by atoms with Gasteiger partial charge in [0.25, 0.3) is 0 Å². The van der Waals surface area contributed by atoms with Gasteiger partial charge in [-0.3, -0.25) is 4.72 Å². The molecule has 0 fully saturated rings. The van der Waals surface area contributed by atoms with E-state index < -0.39 is 5.82 Å². The second-order valence-corrected chi connectivity index (χ2v) is 6.24. The number of H-pyrrole nitrogens is 1. The predicted molar refractivity (Wildman–Crippen MR) is 91.1 cm³/mol. The fourth-order valence-electron chi connectivity index (χ4n) is 2.34. The van der Waals surface area contributed by atoms with Crippen LogP contribution in [0.3, 0.4) is 0 Å². The summed E-state index contributed by atoms with van der Waals surface area (Å²) in [5, 5.41) is 14.2. The molecule has 0 saturated carbocycles. The molecule has 2 aromatic carbocycles. The molecule has 0 atom stereocenters. The Labute approximate surface area is 139 Å². The minimum absolute atomic E-state index is 0.0256. The Morgan fingerprint density at radius 1 is 1.26 bits per heavy atom. The Balaban J connectivity index is 1.70. The number of aromatic amines is 1. The summed E-state index contributed by atoms with van der Waals surface area (Å²) in [6.45, 7) is 0. The van der Waals surface area contributed by atoms with Gasteiger partial charge in [-0.25, -0.2) is 9.38 Å². The standard InChI is InChI=1S/C15H10ClFN4OS/c16-8-4-12(22)14-13(5-8)23-21-15(20-14)19-11-3-7-1-2-18-10(7)6-9(11)17/h1-6,18,22H,(H2,19,20,21). The summed E-state index contributed by atoms with van der Waals surface area (Å²) >= 11 is 7.14. The lowest BCUT2D eigenvalue weighted by Crippen LogP contribution is -2.27. The van der Waals surface area contributed by atoms with Crippen LogP contribution in [0, 0.1) is 5.82 Å². The van der Waals surface area contributed by atoms with E-state index >= 15 is 0 Å². The molecule has 0 unspecified atom stereocenters. The first kappa shape index (κ1) is 14.2. The van der Waals surface area contributed by atoms with Crippen LogP contribution in [0.25, 0.3) is 10.9 Å². The van der Waals surface area contributed by atoms with E-state index in [1.54, 1.807) is 18.3 Å². The maximum Gasteiger partial charge on any atom is 0.211 e. The number of nitrogens with zero attached hydrogens (tertiary/aromatic N) is 1. The number of guanidine groups is 1. The monoisotopic (exact) mass is 348 g/mol. The van der Waals surface area contributed by atoms with Crippen molar-refractivity contribution in [3.63, 3.8) is 0 Å². The fraction of sp³-hybridized carbons (Fsp3) is 0. The van der Waals surface area contributed by atoms with E-state index in [1.807, 2.05) is 6.07 Å². The SMILES string of the molecule is Oc1cc(Cl)cc2c1N=C(Nc1cc3cc[nH]c3cc1F)NS2. The molecule has 23 heavy (non-hydrogen) atoms. The third-order valence-electron chi connectivity index (χ3n) is 3.39. The first-order chi connectivity index (χ1) is 11.1. The number of benzene rings is 2. The van der Waals surface area contributed by atoms with E-state index in [1.165, 1.54) is 24.1 Å². The number of phenols is 1. The van der Waals surface area contributed by atoms with E-state index in [9.17, 15) is 9.50 Å². The largest absolute Gasteiger partial charge is 0.506 e. The summed E-state index contributed by atoms with van der Waals surface area (Å²) in [4.78, 5) is 7.93. The maximum atomic E-state index is 14.1. The highest BCUT2D eigenvalue weighted by Crippen LogP contribution is 2.41. The molecule has 0 spiro atoms. The number of rotatable bonds is 1. The normalized spacial score (nSPS) is 13.4. The molecule has 0 saturated heterocycles. The molecule has 3 aromatic rings. The fourth-order valence-corrected chi connectivity index (χ4v) is 3.35. The van der Waals surface area contributed by atoms with Crippen molar-refractivity contribution in [2.75, 3.05) is 5.32 Å². The lowest BCUT2D eigenvalue weighted by atomic mass is 10.2. The van der Waals surface area contributed by atoms with Crippen LogP contribution in [-0.4, -0.2) is 16.1 Å². The highest BCUT2D eigenvalue weighted by atomic mass is 35.5. The molecule has 1 aromatic heterocycles. The highest BCUT2D eigenvalue weighted by Gasteiger charge is 2.18. The number of hydrogen-bond donors (Lipinski definition) is 4. The van der Waals surface area contributed by atoms with Crippen molar-refractivity contribution in [2.45, 2.75) is 4.90 Å². The smallest absolute Gasteiger partial charge is 0.211 e. The lowest BCUT2D eigenvalue weighted by molar-refractivity contribution is 0.475. The predicted octanol–water partition coefficient (Wildman–Crippen LogP) is 4.38. The summed E-state index contributed by atoms with van der Waals surface area (Å²) in [5.41, 5.74) is 1.41. The molecule has 0 radical (unpaired) electrons. The number of aliphatic imine (C=N–C) groups is 1. The van der Waals surface area contributed by atoms with Crippen molar-refractivity contribution in [3.8, 4) is 5.75 Å². The molecule has 1 aliphatic rings. The molecule has 8 heteroatoms. The van der Waals surface area contributed by atoms with Gasteiger partial charge in [0.15, 0.2) is 0 Å². The minimum Gasteiger partial charge on any atom is -0.506 e. The van der Waals surface area contributed by atoms with Gasteiger partial charge in [-0.05, 0) is 30.1 Å². The van der Waals surface area contributed by atoms with Crippen LogP contribution in [0.4, 0.5) is 15.8 Å². The van der Waals surface area contributed by atoms with E-state index in [2.05, 4.69) is 20.0 Å². The Hall–Kier alpha value is -2.38. The molecule has 0 bridgehead atoms. The number of hydrogen-bond acceptors (Lipinski definition) is 5. The number of phenolic OH excluding ortho intramolecular Hbond substituents is 1. The Bertz CT molecular complexity index is 956. The van der Waals surface area contributed by atoms with Gasteiger partial charge >= 0.3 is 0 Å². The van der Waals surface area contributed by atoms with Gasteiger partial charge in [-0.2, -0.15) is 0 Å². The number of fused-ring (bicyclic) bond motifs is 2. The average Bonchev–Trinajstić information content (AvgIpc) is 2.95. The Morgan fingerprint density at radius 3 is 3.00 bits per heavy atom. The zero-order chi connectivity index (χ0) is 16.0. The number of halogens is 2. The molecule has 116 valence electrons. The molecule has 4 N–H and O–H groups in total. The first-order valence-corrected chi connectivity index (χ1v) is 7.87. The van der Waals surface area contributed by atoms with Gasteiger partial charge in [0, 0.05) is 34.3 Å². The van der Waals surface area contributed by atoms with Crippen molar-refractivity contribution in [2.24, 2.45) is 4.99 Å². The van der Waals surface area contributed by atoms with Crippen molar-refractivity contribution < 1.29 is 9.50 Å². The summed E-state index contributed by atoms with van der Waals surface area (Å²) in [7, 11) is 0. The Morgan fingerprint density at radius 2 is 2.13 bits per heavy atom. The van der Waals surface area contributed by atoms with Gasteiger partial charge in [-0.15, -0.1) is 0 Å². The van der Waals surface area contributed by atoms with Crippen LogP contribution in [0.2, 0.25) is 5.02 Å². The summed E-state index contributed by atoms with van der Waals surface area (Å²) in [5.74, 6) is -0.100. The van der Waals surface area contributed by atoms with Crippen molar-refractivity contribution in [1.82, 2.24) is 9.71 Å². The second kappa shape index (κ2) is 5.36. The zero-order valence-electron chi connectivity index (χ0n) is 11.5. The highest BCUT2D eigenvalue weighted by molar-refractivity contribution is 7.98. The zero-order valence-corrected chi connectivity index (χ0v) is 13.1. The summed E-state index contributed by atoms with van der Waals surface area (Å²) in [6.07, 6.45) is 1.75. The Kier molecular flexibility index (Phi) is 3.32.